The molecular weight excluding hydrogens is 771 g/mol. The Morgan fingerprint density at radius 2 is 0.672 bits per heavy atom. The molecule has 0 aliphatic heterocycles. The van der Waals surface area contributed by atoms with Gasteiger partial charge < -0.3 is 4.90 Å². The number of rotatable bonds is 8. The van der Waals surface area contributed by atoms with E-state index in [1.54, 1.807) is 0 Å². The fraction of sp³-hybridized carbons (Fsp3) is 0.0159. The summed E-state index contributed by atoms with van der Waals surface area (Å²) in [5.74, 6) is 0. The molecule has 300 valence electrons. The van der Waals surface area contributed by atoms with Gasteiger partial charge >= 0.3 is 0 Å². The molecular formula is C63H43N. The molecule has 11 aromatic carbocycles. The Bertz CT molecular complexity index is 3410. The molecule has 0 amide bonds. The van der Waals surface area contributed by atoms with E-state index in [0.717, 1.165) is 17.1 Å². The van der Waals surface area contributed by atoms with Crippen molar-refractivity contribution in [3.63, 3.8) is 0 Å². The lowest BCUT2D eigenvalue weighted by molar-refractivity contribution is 0.768. The quantitative estimate of drug-likeness (QED) is 0.138. The lowest BCUT2D eigenvalue weighted by Gasteiger charge is -2.34. The van der Waals surface area contributed by atoms with Crippen molar-refractivity contribution >= 4 is 38.6 Å². The van der Waals surface area contributed by atoms with Crippen LogP contribution in [-0.4, -0.2) is 0 Å². The molecule has 64 heavy (non-hydrogen) atoms. The standard InChI is InChI=1S/C63H43N/c1-6-20-44(21-7-1)45-34-36-50(37-35-45)64(52-39-41-60-57(42-52)55-31-18-19-33-59(55)63(60,48-26-12-4-13-27-48)49-28-14-5-15-29-49)51-38-40-54-53-30-16-17-32-56(53)61(46-22-8-2-9-23-46)62(58(54)43-51)47-24-10-3-11-25-47/h1-43H. The summed E-state index contributed by atoms with van der Waals surface area (Å²) in [4.78, 5) is 2.45. The first-order valence-electron chi connectivity index (χ1n) is 22.2. The molecule has 0 aromatic heterocycles. The Kier molecular flexibility index (Phi) is 9.13. The largest absolute Gasteiger partial charge is 0.310 e. The molecule has 0 saturated heterocycles. The highest BCUT2D eigenvalue weighted by Gasteiger charge is 2.46. The maximum Gasteiger partial charge on any atom is 0.0713 e. The number of hydrogen-bond acceptors (Lipinski definition) is 1. The van der Waals surface area contributed by atoms with Crippen LogP contribution < -0.4 is 4.90 Å². The lowest BCUT2D eigenvalue weighted by atomic mass is 9.68. The van der Waals surface area contributed by atoms with Crippen LogP contribution in [0.15, 0.2) is 261 Å². The summed E-state index contributed by atoms with van der Waals surface area (Å²) in [5, 5.41) is 4.94. The van der Waals surface area contributed by atoms with Crippen LogP contribution in [0.1, 0.15) is 22.3 Å². The number of hydrogen-bond donors (Lipinski definition) is 0. The van der Waals surface area contributed by atoms with Crippen molar-refractivity contribution in [1.29, 1.82) is 0 Å². The molecule has 0 heterocycles. The zero-order chi connectivity index (χ0) is 42.5. The summed E-state index contributed by atoms with van der Waals surface area (Å²) in [6.45, 7) is 0. The van der Waals surface area contributed by atoms with Crippen LogP contribution in [0.4, 0.5) is 17.1 Å². The Morgan fingerprint density at radius 1 is 0.250 bits per heavy atom. The second-order valence-corrected chi connectivity index (χ2v) is 16.8. The van der Waals surface area contributed by atoms with Crippen LogP contribution in [-0.2, 0) is 5.41 Å². The number of fused-ring (bicyclic) bond motifs is 6. The van der Waals surface area contributed by atoms with Gasteiger partial charge in [0, 0.05) is 17.1 Å². The maximum atomic E-state index is 2.45. The van der Waals surface area contributed by atoms with Gasteiger partial charge in [0.2, 0.25) is 0 Å². The van der Waals surface area contributed by atoms with Gasteiger partial charge in [0.1, 0.15) is 0 Å². The fourth-order valence-electron chi connectivity index (χ4n) is 10.6. The van der Waals surface area contributed by atoms with Gasteiger partial charge in [-0.2, -0.15) is 0 Å². The Morgan fingerprint density at radius 3 is 1.30 bits per heavy atom. The van der Waals surface area contributed by atoms with E-state index in [-0.39, 0.29) is 0 Å². The van der Waals surface area contributed by atoms with Crippen LogP contribution in [0.2, 0.25) is 0 Å². The third kappa shape index (κ3) is 6.01. The first-order chi connectivity index (χ1) is 31.8. The molecule has 0 saturated carbocycles. The van der Waals surface area contributed by atoms with E-state index < -0.39 is 5.41 Å². The summed E-state index contributed by atoms with van der Waals surface area (Å²) in [6, 6.07) is 95.8. The van der Waals surface area contributed by atoms with E-state index in [4.69, 9.17) is 0 Å². The molecule has 1 heteroatoms. The van der Waals surface area contributed by atoms with Gasteiger partial charge in [0.05, 0.1) is 5.41 Å². The number of benzene rings is 11. The van der Waals surface area contributed by atoms with E-state index >= 15 is 0 Å². The van der Waals surface area contributed by atoms with Crippen molar-refractivity contribution in [3.8, 4) is 44.5 Å². The topological polar surface area (TPSA) is 3.24 Å². The van der Waals surface area contributed by atoms with E-state index in [0.29, 0.717) is 0 Å². The summed E-state index contributed by atoms with van der Waals surface area (Å²) < 4.78 is 0. The van der Waals surface area contributed by atoms with Crippen LogP contribution in [0.25, 0.3) is 66.1 Å². The normalized spacial score (nSPS) is 12.5. The zero-order valence-corrected chi connectivity index (χ0v) is 35.3. The minimum atomic E-state index is -0.475. The highest BCUT2D eigenvalue weighted by Crippen LogP contribution is 2.57. The highest BCUT2D eigenvalue weighted by molar-refractivity contribution is 6.22. The maximum absolute atomic E-state index is 2.45. The predicted molar refractivity (Wildman–Crippen MR) is 270 cm³/mol. The Labute approximate surface area is 374 Å². The number of anilines is 3. The molecule has 0 radical (unpaired) electrons. The molecule has 12 rings (SSSR count). The first kappa shape index (κ1) is 37.5. The SMILES string of the molecule is c1ccc(-c2ccc(N(c3ccc4c(c3)-c3ccccc3C4(c3ccccc3)c3ccccc3)c3ccc4c(c3)c(-c3ccccc3)c(-c3ccccc3)c3ccccc34)cc2)cc1. The molecule has 0 N–H and O–H groups in total. The Hall–Kier alpha value is -8.26. The molecule has 1 aliphatic carbocycles. The van der Waals surface area contributed by atoms with Gasteiger partial charge in [0.25, 0.3) is 0 Å². The molecule has 1 nitrogen and oxygen atoms in total. The lowest BCUT2D eigenvalue weighted by Crippen LogP contribution is -2.28. The van der Waals surface area contributed by atoms with Gasteiger partial charge in [-0.05, 0) is 125 Å². The summed E-state index contributed by atoms with van der Waals surface area (Å²) >= 11 is 0. The smallest absolute Gasteiger partial charge is 0.0713 e. The minimum absolute atomic E-state index is 0.475. The van der Waals surface area contributed by atoms with Gasteiger partial charge in [0.15, 0.2) is 0 Å². The van der Waals surface area contributed by atoms with Crippen LogP contribution >= 0.6 is 0 Å². The molecule has 0 bridgehead atoms. The van der Waals surface area contributed by atoms with E-state index in [1.165, 1.54) is 88.3 Å². The zero-order valence-electron chi connectivity index (χ0n) is 35.3. The molecule has 0 fully saturated rings. The van der Waals surface area contributed by atoms with Crippen molar-refractivity contribution in [3.05, 3.63) is 283 Å². The van der Waals surface area contributed by atoms with Crippen molar-refractivity contribution < 1.29 is 0 Å². The Balaban J connectivity index is 1.13. The van der Waals surface area contributed by atoms with Gasteiger partial charge in [-0.15, -0.1) is 0 Å². The van der Waals surface area contributed by atoms with Crippen molar-refractivity contribution in [2.75, 3.05) is 4.90 Å². The van der Waals surface area contributed by atoms with Crippen LogP contribution in [0.5, 0.6) is 0 Å². The van der Waals surface area contributed by atoms with Crippen molar-refractivity contribution in [2.24, 2.45) is 0 Å². The van der Waals surface area contributed by atoms with Gasteiger partial charge in [-0.3, -0.25) is 0 Å². The summed E-state index contributed by atoms with van der Waals surface area (Å²) in [5.41, 5.74) is 17.7. The van der Waals surface area contributed by atoms with E-state index in [2.05, 4.69) is 266 Å². The predicted octanol–water partition coefficient (Wildman–Crippen LogP) is 16.8. The second kappa shape index (κ2) is 15.6. The van der Waals surface area contributed by atoms with Gasteiger partial charge in [-0.1, -0.05) is 224 Å². The molecule has 0 atom stereocenters. The fourth-order valence-corrected chi connectivity index (χ4v) is 10.6. The molecule has 11 aromatic rings. The van der Waals surface area contributed by atoms with Crippen molar-refractivity contribution in [2.45, 2.75) is 5.41 Å². The molecule has 1 aliphatic rings. The van der Waals surface area contributed by atoms with Crippen LogP contribution in [0.3, 0.4) is 0 Å². The first-order valence-corrected chi connectivity index (χ1v) is 22.2. The number of nitrogens with zero attached hydrogens (tertiary/aromatic N) is 1. The third-order valence-electron chi connectivity index (χ3n) is 13.3. The minimum Gasteiger partial charge on any atom is -0.310 e. The average Bonchev–Trinajstić information content (AvgIpc) is 3.68. The van der Waals surface area contributed by atoms with Gasteiger partial charge in [-0.25, -0.2) is 0 Å². The van der Waals surface area contributed by atoms with E-state index in [1.807, 2.05) is 0 Å². The molecule has 0 spiro atoms. The average molecular weight is 814 g/mol. The monoisotopic (exact) mass is 813 g/mol. The highest BCUT2D eigenvalue weighted by atomic mass is 15.1. The van der Waals surface area contributed by atoms with Crippen LogP contribution in [0, 0.1) is 0 Å². The summed E-state index contributed by atoms with van der Waals surface area (Å²) in [7, 11) is 0. The third-order valence-corrected chi connectivity index (χ3v) is 13.3. The van der Waals surface area contributed by atoms with Crippen molar-refractivity contribution in [1.82, 2.24) is 0 Å². The van der Waals surface area contributed by atoms with E-state index in [9.17, 15) is 0 Å². The summed E-state index contributed by atoms with van der Waals surface area (Å²) in [6.07, 6.45) is 0. The second-order valence-electron chi connectivity index (χ2n) is 16.8. The molecule has 0 unspecified atom stereocenters.